The van der Waals surface area contributed by atoms with Gasteiger partial charge in [0.1, 0.15) is 0 Å². The van der Waals surface area contributed by atoms with Gasteiger partial charge in [-0.15, -0.1) is 0 Å². The maximum absolute atomic E-state index is 13.3. The predicted octanol–water partition coefficient (Wildman–Crippen LogP) is 3.82. The molecule has 1 saturated heterocycles. The highest BCUT2D eigenvalue weighted by Gasteiger charge is 2.73. The number of nitrogens with zero attached hydrogens (tertiary/aromatic N) is 1. The summed E-state index contributed by atoms with van der Waals surface area (Å²) in [7, 11) is 0. The van der Waals surface area contributed by atoms with Crippen LogP contribution in [0.5, 0.6) is 11.5 Å². The van der Waals surface area contributed by atoms with Crippen molar-refractivity contribution in [2.75, 3.05) is 13.3 Å². The van der Waals surface area contributed by atoms with Crippen LogP contribution in [0.2, 0.25) is 0 Å². The van der Waals surface area contributed by atoms with Crippen LogP contribution in [0, 0.1) is 0 Å². The van der Waals surface area contributed by atoms with Crippen LogP contribution in [0.15, 0.2) is 18.2 Å². The molecule has 3 nitrogen and oxygen atoms in total. The molecule has 3 rings (SSSR count). The lowest BCUT2D eigenvalue weighted by molar-refractivity contribution is -0.355. The summed E-state index contributed by atoms with van der Waals surface area (Å²) in [5.74, 6) is -10.2. The maximum atomic E-state index is 13.3. The first kappa shape index (κ1) is 17.1. The fourth-order valence-corrected chi connectivity index (χ4v) is 2.52. The third kappa shape index (κ3) is 2.99. The fourth-order valence-electron chi connectivity index (χ4n) is 2.52. The number of hydrogen-bond donors (Lipinski definition) is 0. The molecule has 0 aromatic heterocycles. The topological polar surface area (TPSA) is 21.5 Å². The summed E-state index contributed by atoms with van der Waals surface area (Å²) in [6, 6.07) is 3.84. The highest BCUT2D eigenvalue weighted by molar-refractivity contribution is 5.44. The lowest BCUT2D eigenvalue weighted by atomic mass is 10.1. The molecule has 1 fully saturated rings. The zero-order chi connectivity index (χ0) is 17.8. The van der Waals surface area contributed by atoms with Crippen LogP contribution in [0.4, 0.5) is 30.7 Å². The second kappa shape index (κ2) is 5.40. The van der Waals surface area contributed by atoms with E-state index in [0.717, 1.165) is 0 Å². The Bertz CT molecular complexity index is 632. The van der Waals surface area contributed by atoms with E-state index in [4.69, 9.17) is 9.47 Å². The molecule has 134 valence electrons. The van der Waals surface area contributed by atoms with Crippen LogP contribution >= 0.6 is 0 Å². The van der Waals surface area contributed by atoms with Gasteiger partial charge in [-0.1, -0.05) is 6.07 Å². The van der Waals surface area contributed by atoms with Crippen molar-refractivity contribution in [3.05, 3.63) is 23.8 Å². The fraction of sp³-hybridized carbons (Fsp3) is 0.571. The summed E-state index contributed by atoms with van der Waals surface area (Å²) in [5.41, 5.74) is 0.660. The lowest BCUT2D eigenvalue weighted by Gasteiger charge is -2.28. The summed E-state index contributed by atoms with van der Waals surface area (Å²) < 4.78 is 99.0. The van der Waals surface area contributed by atoms with Crippen molar-refractivity contribution in [1.82, 2.24) is 4.90 Å². The van der Waals surface area contributed by atoms with Crippen LogP contribution < -0.4 is 9.47 Å². The average Bonchev–Trinajstić information content (AvgIpc) is 2.98. The minimum absolute atomic E-state index is 0.0258. The highest BCUT2D eigenvalue weighted by Crippen LogP contribution is 2.50. The van der Waals surface area contributed by atoms with Crippen molar-refractivity contribution >= 4 is 0 Å². The van der Waals surface area contributed by atoms with Crippen molar-refractivity contribution < 1.29 is 40.2 Å². The first-order valence-electron chi connectivity index (χ1n) is 6.96. The summed E-state index contributed by atoms with van der Waals surface area (Å²) in [5, 5.41) is 0. The minimum atomic E-state index is -6.28. The van der Waals surface area contributed by atoms with E-state index in [9.17, 15) is 30.7 Å². The molecule has 24 heavy (non-hydrogen) atoms. The molecule has 2 unspecified atom stereocenters. The number of alkyl halides is 7. The molecule has 2 aliphatic rings. The van der Waals surface area contributed by atoms with Crippen LogP contribution in [-0.2, 0) is 6.54 Å². The molecule has 0 radical (unpaired) electrons. The third-order valence-corrected chi connectivity index (χ3v) is 3.96. The number of benzene rings is 1. The van der Waals surface area contributed by atoms with E-state index >= 15 is 0 Å². The zero-order valence-corrected chi connectivity index (χ0v) is 12.0. The van der Waals surface area contributed by atoms with Crippen LogP contribution in [0.3, 0.4) is 0 Å². The van der Waals surface area contributed by atoms with Gasteiger partial charge in [-0.05, 0) is 17.7 Å². The number of ether oxygens (including phenoxy) is 2. The van der Waals surface area contributed by atoms with Crippen LogP contribution in [0.25, 0.3) is 0 Å². The van der Waals surface area contributed by atoms with Gasteiger partial charge < -0.3 is 9.47 Å². The Balaban J connectivity index is 1.60. The van der Waals surface area contributed by atoms with Gasteiger partial charge in [-0.3, -0.25) is 4.90 Å². The Morgan fingerprint density at radius 2 is 1.67 bits per heavy atom. The molecule has 0 spiro atoms. The van der Waals surface area contributed by atoms with Gasteiger partial charge in [-0.25, -0.2) is 0 Å². The zero-order valence-electron chi connectivity index (χ0n) is 12.0. The van der Waals surface area contributed by atoms with E-state index in [0.29, 0.717) is 17.1 Å². The molecule has 2 heterocycles. The monoisotopic (exact) mass is 359 g/mol. The Morgan fingerprint density at radius 1 is 1.00 bits per heavy atom. The number of hydrogen-bond acceptors (Lipinski definition) is 3. The van der Waals surface area contributed by atoms with Gasteiger partial charge in [0, 0.05) is 25.6 Å². The maximum Gasteiger partial charge on any atom is 0.459 e. The smallest absolute Gasteiger partial charge is 0.454 e. The van der Waals surface area contributed by atoms with E-state index in [-0.39, 0.29) is 19.9 Å². The van der Waals surface area contributed by atoms with Crippen LogP contribution in [-0.4, -0.2) is 42.3 Å². The third-order valence-electron chi connectivity index (χ3n) is 3.96. The molecule has 10 heteroatoms. The van der Waals surface area contributed by atoms with Gasteiger partial charge in [0.2, 0.25) is 6.79 Å². The average molecular weight is 359 g/mol. The van der Waals surface area contributed by atoms with Gasteiger partial charge in [-0.2, -0.15) is 30.7 Å². The van der Waals surface area contributed by atoms with Crippen molar-refractivity contribution in [3.63, 3.8) is 0 Å². The normalized spacial score (nSPS) is 23.5. The summed E-state index contributed by atoms with van der Waals surface area (Å²) in [4.78, 5) is 1.39. The van der Waals surface area contributed by atoms with Gasteiger partial charge in [0.25, 0.3) is 0 Å². The summed E-state index contributed by atoms with van der Waals surface area (Å²) in [6.45, 7) is 0.233. The molecular weight excluding hydrogens is 347 g/mol. The van der Waals surface area contributed by atoms with E-state index < -0.39 is 30.5 Å². The van der Waals surface area contributed by atoms with E-state index in [2.05, 4.69) is 0 Å². The van der Waals surface area contributed by atoms with Crippen molar-refractivity contribution in [2.24, 2.45) is 0 Å². The molecular formula is C14H12F7NO2. The molecule has 2 atom stereocenters. The SMILES string of the molecule is FC(F)(F)C(F)(F)C(F)(F)CC1CN1Cc1ccc2c(c1)OCO2. The predicted molar refractivity (Wildman–Crippen MR) is 67.3 cm³/mol. The van der Waals surface area contributed by atoms with Crippen molar-refractivity contribution in [2.45, 2.75) is 37.0 Å². The van der Waals surface area contributed by atoms with E-state index in [1.54, 1.807) is 18.2 Å². The quantitative estimate of drug-likeness (QED) is 0.589. The molecule has 0 bridgehead atoms. The number of rotatable bonds is 5. The summed E-state index contributed by atoms with van der Waals surface area (Å²) in [6.07, 6.45) is -7.84. The molecule has 0 aliphatic carbocycles. The first-order valence-corrected chi connectivity index (χ1v) is 6.96. The number of halogens is 7. The Hall–Kier alpha value is -1.71. The Morgan fingerprint density at radius 3 is 2.33 bits per heavy atom. The summed E-state index contributed by atoms with van der Waals surface area (Å²) >= 11 is 0. The molecule has 0 saturated carbocycles. The molecule has 0 N–H and O–H groups in total. The van der Waals surface area contributed by atoms with E-state index in [1.807, 2.05) is 0 Å². The second-order valence-electron chi connectivity index (χ2n) is 5.75. The van der Waals surface area contributed by atoms with Crippen molar-refractivity contribution in [3.8, 4) is 11.5 Å². The standard InChI is InChI=1S/C14H12F7NO2/c15-12(16,13(17,18)14(19,20)21)4-9-6-22(9)5-8-1-2-10-11(3-8)24-7-23-10/h1-3,9H,4-7H2. The highest BCUT2D eigenvalue weighted by atomic mass is 19.4. The van der Waals surface area contributed by atoms with E-state index in [1.165, 1.54) is 4.90 Å². The van der Waals surface area contributed by atoms with Gasteiger partial charge in [0.15, 0.2) is 11.5 Å². The van der Waals surface area contributed by atoms with Gasteiger partial charge in [0.05, 0.1) is 0 Å². The lowest BCUT2D eigenvalue weighted by Crippen LogP contribution is -2.52. The van der Waals surface area contributed by atoms with Crippen molar-refractivity contribution in [1.29, 1.82) is 0 Å². The first-order chi connectivity index (χ1) is 11.0. The molecule has 2 aliphatic heterocycles. The second-order valence-corrected chi connectivity index (χ2v) is 5.75. The largest absolute Gasteiger partial charge is 0.459 e. The Kier molecular flexibility index (Phi) is 3.85. The Labute approximate surface area is 131 Å². The van der Waals surface area contributed by atoms with Gasteiger partial charge >= 0.3 is 18.0 Å². The minimum Gasteiger partial charge on any atom is -0.454 e. The molecule has 0 amide bonds. The number of fused-ring (bicyclic) bond motifs is 1. The molecule has 1 aromatic carbocycles. The van der Waals surface area contributed by atoms with Crippen LogP contribution in [0.1, 0.15) is 12.0 Å². The molecule has 1 aromatic rings.